The maximum absolute atomic E-state index is 12.6. The van der Waals surface area contributed by atoms with E-state index in [2.05, 4.69) is 15.6 Å². The standard InChI is InChI=1S/C18H16ClN3O/c19-14-4-5-15-12(10-14)9-13(11-21-15)17(23)22-18(6-7-18)16-3-1-2-8-20-16/h1-5,8-10,21H,6-7,11H2,(H,22,23). The molecular formula is C18H16ClN3O. The van der Waals surface area contributed by atoms with Crippen LogP contribution >= 0.6 is 11.6 Å². The molecule has 2 N–H and O–H groups in total. The van der Waals surface area contributed by atoms with Gasteiger partial charge in [-0.3, -0.25) is 9.78 Å². The fourth-order valence-electron chi connectivity index (χ4n) is 2.90. The van der Waals surface area contributed by atoms with Crippen molar-refractivity contribution in [3.05, 3.63) is 64.4 Å². The molecule has 2 aromatic rings. The number of benzene rings is 1. The van der Waals surface area contributed by atoms with E-state index in [4.69, 9.17) is 11.6 Å². The minimum absolute atomic E-state index is 0.0497. The summed E-state index contributed by atoms with van der Waals surface area (Å²) in [5.41, 5.74) is 3.28. The van der Waals surface area contributed by atoms with Gasteiger partial charge in [-0.05, 0) is 54.8 Å². The van der Waals surface area contributed by atoms with E-state index >= 15 is 0 Å². The van der Waals surface area contributed by atoms with Crippen molar-refractivity contribution in [1.82, 2.24) is 10.3 Å². The van der Waals surface area contributed by atoms with E-state index < -0.39 is 0 Å². The van der Waals surface area contributed by atoms with Crippen LogP contribution in [0.3, 0.4) is 0 Å². The molecule has 116 valence electrons. The summed E-state index contributed by atoms with van der Waals surface area (Å²) in [6, 6.07) is 11.4. The SMILES string of the molecule is O=C(NC1(c2ccccn2)CC1)C1=Cc2cc(Cl)ccc2NC1. The lowest BCUT2D eigenvalue weighted by Gasteiger charge is -2.22. The highest BCUT2D eigenvalue weighted by Gasteiger charge is 2.47. The molecule has 2 heterocycles. The number of carbonyl (C=O) groups excluding carboxylic acids is 1. The van der Waals surface area contributed by atoms with E-state index in [-0.39, 0.29) is 11.4 Å². The Balaban J connectivity index is 1.57. The molecular weight excluding hydrogens is 310 g/mol. The van der Waals surface area contributed by atoms with Crippen molar-refractivity contribution in [1.29, 1.82) is 0 Å². The number of carbonyl (C=O) groups is 1. The molecule has 0 radical (unpaired) electrons. The molecule has 0 spiro atoms. The van der Waals surface area contributed by atoms with Crippen molar-refractivity contribution >= 4 is 29.3 Å². The predicted octanol–water partition coefficient (Wildman–Crippen LogP) is 3.35. The predicted molar refractivity (Wildman–Crippen MR) is 91.2 cm³/mol. The number of hydrogen-bond donors (Lipinski definition) is 2. The first-order valence-electron chi connectivity index (χ1n) is 7.64. The van der Waals surface area contributed by atoms with Gasteiger partial charge in [0.15, 0.2) is 0 Å². The molecule has 1 aliphatic carbocycles. The van der Waals surface area contributed by atoms with E-state index in [9.17, 15) is 4.79 Å². The molecule has 0 saturated heterocycles. The van der Waals surface area contributed by atoms with Gasteiger partial charge in [0.05, 0.1) is 11.2 Å². The van der Waals surface area contributed by atoms with Crippen LogP contribution < -0.4 is 10.6 Å². The average Bonchev–Trinajstić information content (AvgIpc) is 3.35. The van der Waals surface area contributed by atoms with Gasteiger partial charge in [0.1, 0.15) is 0 Å². The van der Waals surface area contributed by atoms with Crippen molar-refractivity contribution in [2.75, 3.05) is 11.9 Å². The molecule has 1 saturated carbocycles. The number of halogens is 1. The Morgan fingerprint density at radius 2 is 2.13 bits per heavy atom. The first-order valence-corrected chi connectivity index (χ1v) is 8.02. The lowest BCUT2D eigenvalue weighted by molar-refractivity contribution is -0.118. The Bertz CT molecular complexity index is 797. The number of hydrogen-bond acceptors (Lipinski definition) is 3. The molecule has 1 aromatic carbocycles. The number of anilines is 1. The highest BCUT2D eigenvalue weighted by molar-refractivity contribution is 6.30. The van der Waals surface area contributed by atoms with Crippen LogP contribution in [0.4, 0.5) is 5.69 Å². The number of nitrogens with one attached hydrogen (secondary N) is 2. The summed E-state index contributed by atoms with van der Waals surface area (Å²) in [4.78, 5) is 17.0. The number of rotatable bonds is 3. The fraction of sp³-hybridized carbons (Fsp3) is 0.222. The zero-order valence-electron chi connectivity index (χ0n) is 12.5. The second-order valence-electron chi connectivity index (χ2n) is 6.01. The van der Waals surface area contributed by atoms with Crippen LogP contribution in [-0.4, -0.2) is 17.4 Å². The van der Waals surface area contributed by atoms with Crippen molar-refractivity contribution in [3.8, 4) is 0 Å². The van der Waals surface area contributed by atoms with Crippen LogP contribution in [0, 0.1) is 0 Å². The Hall–Kier alpha value is -2.33. The summed E-state index contributed by atoms with van der Waals surface area (Å²) < 4.78 is 0. The minimum Gasteiger partial charge on any atom is -0.380 e. The van der Waals surface area contributed by atoms with Gasteiger partial charge in [-0.2, -0.15) is 0 Å². The van der Waals surface area contributed by atoms with Crippen LogP contribution in [0.2, 0.25) is 5.02 Å². The number of nitrogens with zero attached hydrogens (tertiary/aromatic N) is 1. The summed E-state index contributed by atoms with van der Waals surface area (Å²) >= 11 is 6.03. The van der Waals surface area contributed by atoms with Gasteiger partial charge < -0.3 is 10.6 Å². The molecule has 23 heavy (non-hydrogen) atoms. The molecule has 5 heteroatoms. The fourth-order valence-corrected chi connectivity index (χ4v) is 3.08. The molecule has 4 nitrogen and oxygen atoms in total. The first-order chi connectivity index (χ1) is 11.2. The van der Waals surface area contributed by atoms with Crippen LogP contribution in [0.5, 0.6) is 0 Å². The summed E-state index contributed by atoms with van der Waals surface area (Å²) in [6.07, 6.45) is 5.53. The largest absolute Gasteiger partial charge is 0.380 e. The second-order valence-corrected chi connectivity index (χ2v) is 6.44. The Morgan fingerprint density at radius 1 is 1.26 bits per heavy atom. The Labute approximate surface area is 139 Å². The monoisotopic (exact) mass is 325 g/mol. The highest BCUT2D eigenvalue weighted by atomic mass is 35.5. The zero-order chi connectivity index (χ0) is 15.9. The molecule has 2 aliphatic rings. The van der Waals surface area contributed by atoms with E-state index in [0.717, 1.165) is 29.8 Å². The smallest absolute Gasteiger partial charge is 0.249 e. The lowest BCUT2D eigenvalue weighted by atomic mass is 10.0. The van der Waals surface area contributed by atoms with Gasteiger partial charge in [-0.15, -0.1) is 0 Å². The maximum Gasteiger partial charge on any atom is 0.249 e. The lowest BCUT2D eigenvalue weighted by Crippen LogP contribution is -2.38. The highest BCUT2D eigenvalue weighted by Crippen LogP contribution is 2.44. The van der Waals surface area contributed by atoms with E-state index in [1.807, 2.05) is 42.5 Å². The van der Waals surface area contributed by atoms with Crippen LogP contribution in [0.1, 0.15) is 24.1 Å². The third kappa shape index (κ3) is 2.70. The molecule has 0 unspecified atom stereocenters. The van der Waals surface area contributed by atoms with Gasteiger partial charge in [-0.25, -0.2) is 0 Å². The molecule has 0 bridgehead atoms. The molecule has 1 aromatic heterocycles. The Kier molecular flexibility index (Phi) is 3.34. The third-order valence-corrected chi connectivity index (χ3v) is 4.60. The van der Waals surface area contributed by atoms with Crippen LogP contribution in [0.15, 0.2) is 48.2 Å². The van der Waals surface area contributed by atoms with Crippen molar-refractivity contribution in [2.24, 2.45) is 0 Å². The first kappa shape index (κ1) is 14.3. The normalized spacial score (nSPS) is 17.5. The topological polar surface area (TPSA) is 54.0 Å². The number of amides is 1. The maximum atomic E-state index is 12.6. The number of pyridine rings is 1. The number of aromatic nitrogens is 1. The van der Waals surface area contributed by atoms with E-state index in [1.54, 1.807) is 6.20 Å². The van der Waals surface area contributed by atoms with E-state index in [0.29, 0.717) is 17.1 Å². The molecule has 1 amide bonds. The van der Waals surface area contributed by atoms with Crippen LogP contribution in [-0.2, 0) is 10.3 Å². The molecule has 0 atom stereocenters. The number of fused-ring (bicyclic) bond motifs is 1. The van der Waals surface area contributed by atoms with Gasteiger partial charge in [0.25, 0.3) is 0 Å². The summed E-state index contributed by atoms with van der Waals surface area (Å²) in [6.45, 7) is 0.513. The summed E-state index contributed by atoms with van der Waals surface area (Å²) in [5, 5.41) is 7.08. The second kappa shape index (κ2) is 5.39. The van der Waals surface area contributed by atoms with Crippen LogP contribution in [0.25, 0.3) is 6.08 Å². The van der Waals surface area contributed by atoms with Gasteiger partial charge in [-0.1, -0.05) is 17.7 Å². The van der Waals surface area contributed by atoms with E-state index in [1.165, 1.54) is 0 Å². The summed E-state index contributed by atoms with van der Waals surface area (Å²) in [5.74, 6) is -0.0497. The average molecular weight is 326 g/mol. The Morgan fingerprint density at radius 3 is 2.87 bits per heavy atom. The quantitative estimate of drug-likeness (QED) is 0.910. The van der Waals surface area contributed by atoms with Gasteiger partial charge in [0.2, 0.25) is 5.91 Å². The molecule has 1 fully saturated rings. The minimum atomic E-state index is -0.298. The van der Waals surface area contributed by atoms with Gasteiger partial charge in [0, 0.05) is 29.0 Å². The zero-order valence-corrected chi connectivity index (χ0v) is 13.2. The van der Waals surface area contributed by atoms with Crippen molar-refractivity contribution < 1.29 is 4.79 Å². The van der Waals surface area contributed by atoms with Crippen molar-refractivity contribution in [2.45, 2.75) is 18.4 Å². The molecule has 1 aliphatic heterocycles. The third-order valence-electron chi connectivity index (χ3n) is 4.36. The summed E-state index contributed by atoms with van der Waals surface area (Å²) in [7, 11) is 0. The van der Waals surface area contributed by atoms with Crippen molar-refractivity contribution in [3.63, 3.8) is 0 Å². The molecule has 4 rings (SSSR count). The van der Waals surface area contributed by atoms with Gasteiger partial charge >= 0.3 is 0 Å².